The second-order valence-electron chi connectivity index (χ2n) is 7.14. The third-order valence-electron chi connectivity index (χ3n) is 5.39. The Labute approximate surface area is 180 Å². The Morgan fingerprint density at radius 1 is 1.17 bits per heavy atom. The van der Waals surface area contributed by atoms with Crippen LogP contribution in [-0.4, -0.2) is 21.1 Å². The van der Waals surface area contributed by atoms with Crippen LogP contribution < -0.4 is 11.1 Å². The quantitative estimate of drug-likeness (QED) is 0.555. The summed E-state index contributed by atoms with van der Waals surface area (Å²) in [6, 6.07) is 15.2. The monoisotopic (exact) mass is 431 g/mol. The normalized spacial score (nSPS) is 15.0. The number of anilines is 1. The summed E-state index contributed by atoms with van der Waals surface area (Å²) in [6.45, 7) is 0.312. The van der Waals surface area contributed by atoms with E-state index < -0.39 is 5.41 Å². The van der Waals surface area contributed by atoms with Crippen molar-refractivity contribution < 1.29 is 4.79 Å². The second kappa shape index (κ2) is 8.95. The lowest BCUT2D eigenvalue weighted by atomic mass is 9.78. The van der Waals surface area contributed by atoms with Crippen LogP contribution in [0, 0.1) is 0 Å². The van der Waals surface area contributed by atoms with Crippen molar-refractivity contribution in [2.24, 2.45) is 5.73 Å². The molecule has 4 rings (SSSR count). The highest BCUT2D eigenvalue weighted by atomic mass is 35.5. The molecular weight excluding hydrogens is 409 g/mol. The van der Waals surface area contributed by atoms with Gasteiger partial charge in [-0.15, -0.1) is 12.4 Å². The average Bonchev–Trinajstić information content (AvgIpc) is 3.39. The summed E-state index contributed by atoms with van der Waals surface area (Å²) in [5, 5.41) is 10.7. The molecule has 1 fully saturated rings. The molecule has 152 valence electrons. The van der Waals surface area contributed by atoms with Crippen LogP contribution in [0.4, 0.5) is 5.69 Å². The van der Waals surface area contributed by atoms with E-state index in [9.17, 15) is 4.79 Å². The molecule has 29 heavy (non-hydrogen) atoms. The highest BCUT2D eigenvalue weighted by Gasteiger charge is 2.42. The molecule has 1 amide bonds. The maximum Gasteiger partial charge on any atom is 0.235 e. The highest BCUT2D eigenvalue weighted by molar-refractivity contribution is 6.30. The van der Waals surface area contributed by atoms with Gasteiger partial charge in [-0.1, -0.05) is 36.6 Å². The van der Waals surface area contributed by atoms with E-state index in [0.717, 1.165) is 42.5 Å². The van der Waals surface area contributed by atoms with Gasteiger partial charge in [0.15, 0.2) is 5.82 Å². The maximum atomic E-state index is 13.2. The minimum atomic E-state index is -0.524. The van der Waals surface area contributed by atoms with Gasteiger partial charge >= 0.3 is 0 Å². The molecule has 0 radical (unpaired) electrons. The molecule has 3 aromatic rings. The molecule has 0 unspecified atom stereocenters. The van der Waals surface area contributed by atoms with Gasteiger partial charge in [0.2, 0.25) is 5.91 Å². The Morgan fingerprint density at radius 2 is 1.90 bits per heavy atom. The predicted octanol–water partition coefficient (Wildman–Crippen LogP) is 4.46. The number of benzene rings is 2. The fourth-order valence-corrected chi connectivity index (χ4v) is 4.07. The lowest BCUT2D eigenvalue weighted by Gasteiger charge is -2.28. The van der Waals surface area contributed by atoms with Crippen molar-refractivity contribution in [3.63, 3.8) is 0 Å². The number of carbonyl (C=O) groups excluding carboxylic acids is 1. The molecule has 1 heterocycles. The number of nitrogens with two attached hydrogens (primary N) is 1. The van der Waals surface area contributed by atoms with Gasteiger partial charge in [0.05, 0.1) is 12.0 Å². The predicted molar refractivity (Wildman–Crippen MR) is 117 cm³/mol. The van der Waals surface area contributed by atoms with Gasteiger partial charge in [0.1, 0.15) is 5.82 Å². The van der Waals surface area contributed by atoms with Crippen molar-refractivity contribution in [2.45, 2.75) is 37.6 Å². The first-order valence-corrected chi connectivity index (χ1v) is 9.78. The number of amides is 1. The Kier molecular flexibility index (Phi) is 6.57. The van der Waals surface area contributed by atoms with Crippen molar-refractivity contribution in [1.82, 2.24) is 15.2 Å². The minimum Gasteiger partial charge on any atom is -0.325 e. The van der Waals surface area contributed by atoms with Crippen LogP contribution in [0.25, 0.3) is 11.4 Å². The summed E-state index contributed by atoms with van der Waals surface area (Å²) < 4.78 is 0. The number of carbonyl (C=O) groups is 1. The zero-order valence-electron chi connectivity index (χ0n) is 15.8. The van der Waals surface area contributed by atoms with E-state index in [-0.39, 0.29) is 18.3 Å². The van der Waals surface area contributed by atoms with Crippen LogP contribution >= 0.6 is 24.0 Å². The maximum absolute atomic E-state index is 13.2. The lowest BCUT2D eigenvalue weighted by molar-refractivity contribution is -0.121. The number of aromatic amines is 1. The number of nitrogens with one attached hydrogen (secondary N) is 2. The molecule has 0 aliphatic heterocycles. The van der Waals surface area contributed by atoms with Crippen molar-refractivity contribution in [3.05, 3.63) is 64.9 Å². The van der Waals surface area contributed by atoms with Crippen LogP contribution in [0.3, 0.4) is 0 Å². The SMILES string of the molecule is Cl.NCc1nc(-c2ccc(NC(=O)C3(c4cccc(Cl)c4)CCCC3)cc2)n[nH]1. The van der Waals surface area contributed by atoms with E-state index in [2.05, 4.69) is 20.5 Å². The van der Waals surface area contributed by atoms with Gasteiger partial charge in [-0.2, -0.15) is 5.10 Å². The van der Waals surface area contributed by atoms with Crippen LogP contribution in [0.5, 0.6) is 0 Å². The van der Waals surface area contributed by atoms with Crippen molar-refractivity contribution in [3.8, 4) is 11.4 Å². The van der Waals surface area contributed by atoms with Crippen molar-refractivity contribution >= 4 is 35.6 Å². The first kappa shape index (κ1) is 21.3. The number of halogens is 2. The van der Waals surface area contributed by atoms with Gasteiger partial charge in [-0.05, 0) is 54.8 Å². The van der Waals surface area contributed by atoms with E-state index >= 15 is 0 Å². The summed E-state index contributed by atoms with van der Waals surface area (Å²) in [6.07, 6.45) is 3.73. The van der Waals surface area contributed by atoms with E-state index in [1.54, 1.807) is 0 Å². The van der Waals surface area contributed by atoms with Crippen LogP contribution in [0.2, 0.25) is 5.02 Å². The Balaban J connectivity index is 0.00000240. The number of hydrogen-bond donors (Lipinski definition) is 3. The molecule has 0 atom stereocenters. The lowest BCUT2D eigenvalue weighted by Crippen LogP contribution is -2.38. The number of hydrogen-bond acceptors (Lipinski definition) is 4. The van der Waals surface area contributed by atoms with Crippen molar-refractivity contribution in [1.29, 1.82) is 0 Å². The summed E-state index contributed by atoms with van der Waals surface area (Å²) in [4.78, 5) is 17.6. The zero-order valence-corrected chi connectivity index (χ0v) is 17.4. The molecule has 1 aliphatic carbocycles. The average molecular weight is 432 g/mol. The standard InChI is InChI=1S/C21H22ClN5O.ClH/c22-16-5-3-4-15(12-16)21(10-1-2-11-21)20(28)24-17-8-6-14(7-9-17)19-25-18(13-23)26-27-19;/h3-9,12H,1-2,10-11,13,23H2,(H,24,28)(H,25,26,27);1H. The molecular formula is C21H23Cl2N5O. The van der Waals surface area contributed by atoms with E-state index in [0.29, 0.717) is 23.2 Å². The molecule has 0 spiro atoms. The van der Waals surface area contributed by atoms with Gasteiger partial charge in [-0.25, -0.2) is 4.98 Å². The van der Waals surface area contributed by atoms with Crippen molar-refractivity contribution in [2.75, 3.05) is 5.32 Å². The van der Waals surface area contributed by atoms with E-state index in [1.165, 1.54) is 0 Å². The Hall–Kier alpha value is -2.41. The molecule has 2 aromatic carbocycles. The smallest absolute Gasteiger partial charge is 0.235 e. The molecule has 0 bridgehead atoms. The molecule has 1 aliphatic rings. The number of rotatable bonds is 5. The van der Waals surface area contributed by atoms with E-state index in [1.807, 2.05) is 48.5 Å². The van der Waals surface area contributed by atoms with Crippen LogP contribution in [0.15, 0.2) is 48.5 Å². The second-order valence-corrected chi connectivity index (χ2v) is 7.58. The highest BCUT2D eigenvalue weighted by Crippen LogP contribution is 2.42. The first-order chi connectivity index (χ1) is 13.6. The number of nitrogens with zero attached hydrogens (tertiary/aromatic N) is 2. The van der Waals surface area contributed by atoms with Crippen LogP contribution in [0.1, 0.15) is 37.1 Å². The van der Waals surface area contributed by atoms with Gasteiger partial charge < -0.3 is 11.1 Å². The molecule has 8 heteroatoms. The topological polar surface area (TPSA) is 96.7 Å². The Bertz CT molecular complexity index is 981. The summed E-state index contributed by atoms with van der Waals surface area (Å²) in [5.74, 6) is 1.24. The summed E-state index contributed by atoms with van der Waals surface area (Å²) in [7, 11) is 0. The van der Waals surface area contributed by atoms with Gasteiger partial charge in [0, 0.05) is 16.3 Å². The third-order valence-corrected chi connectivity index (χ3v) is 5.63. The fraction of sp³-hybridized carbons (Fsp3) is 0.286. The first-order valence-electron chi connectivity index (χ1n) is 9.40. The molecule has 4 N–H and O–H groups in total. The largest absolute Gasteiger partial charge is 0.325 e. The zero-order chi connectivity index (χ0) is 19.6. The van der Waals surface area contributed by atoms with Gasteiger partial charge in [-0.3, -0.25) is 9.89 Å². The fourth-order valence-electron chi connectivity index (χ4n) is 3.88. The molecule has 6 nitrogen and oxygen atoms in total. The van der Waals surface area contributed by atoms with Crippen LogP contribution in [-0.2, 0) is 16.8 Å². The third kappa shape index (κ3) is 4.29. The molecule has 1 saturated carbocycles. The minimum absolute atomic E-state index is 0. The molecule has 0 saturated heterocycles. The number of aromatic nitrogens is 3. The summed E-state index contributed by atoms with van der Waals surface area (Å²) in [5.41, 5.74) is 7.63. The number of H-pyrrole nitrogens is 1. The molecule has 1 aromatic heterocycles. The van der Waals surface area contributed by atoms with E-state index in [4.69, 9.17) is 17.3 Å². The summed E-state index contributed by atoms with van der Waals surface area (Å²) >= 11 is 6.18. The van der Waals surface area contributed by atoms with Gasteiger partial charge in [0.25, 0.3) is 0 Å². The Morgan fingerprint density at radius 3 is 2.52 bits per heavy atom.